The van der Waals surface area contributed by atoms with Crippen molar-refractivity contribution >= 4 is 17.6 Å². The van der Waals surface area contributed by atoms with Gasteiger partial charge in [-0.3, -0.25) is 4.79 Å². The van der Waals surface area contributed by atoms with Crippen LogP contribution in [0.25, 0.3) is 0 Å². The largest absolute Gasteiger partial charge is 0.496 e. The van der Waals surface area contributed by atoms with Gasteiger partial charge in [-0.25, -0.2) is 0 Å². The number of carboxylic acid groups (broad SMARTS) is 1. The highest BCUT2D eigenvalue weighted by molar-refractivity contribution is 6.33. The van der Waals surface area contributed by atoms with Crippen LogP contribution in [-0.2, 0) is 11.2 Å². The second kappa shape index (κ2) is 5.70. The molecule has 0 aromatic heterocycles. The lowest BCUT2D eigenvalue weighted by Crippen LogP contribution is -2.26. The number of hydrogen-bond acceptors (Lipinski definition) is 3. The van der Waals surface area contributed by atoms with Crippen molar-refractivity contribution < 1.29 is 19.4 Å². The SMILES string of the molecule is COc1cc(C)c(OC)c(Cl)c1CC(C)(C)C(=O)O. The minimum atomic E-state index is -0.933. The Hall–Kier alpha value is -1.42. The van der Waals surface area contributed by atoms with E-state index in [1.165, 1.54) is 14.2 Å². The monoisotopic (exact) mass is 286 g/mol. The average Bonchev–Trinajstić information content (AvgIpc) is 2.32. The summed E-state index contributed by atoms with van der Waals surface area (Å²) in [7, 11) is 3.07. The normalized spacial score (nSPS) is 11.3. The summed E-state index contributed by atoms with van der Waals surface area (Å²) in [5, 5.41) is 9.63. The van der Waals surface area contributed by atoms with Gasteiger partial charge in [0.15, 0.2) is 0 Å². The number of carbonyl (C=O) groups is 1. The lowest BCUT2D eigenvalue weighted by molar-refractivity contribution is -0.146. The van der Waals surface area contributed by atoms with Gasteiger partial charge in [-0.1, -0.05) is 11.6 Å². The molecule has 5 heteroatoms. The number of ether oxygens (including phenoxy) is 2. The Labute approximate surface area is 118 Å². The molecular weight excluding hydrogens is 268 g/mol. The van der Waals surface area contributed by atoms with Crippen LogP contribution in [-0.4, -0.2) is 25.3 Å². The van der Waals surface area contributed by atoms with E-state index in [0.29, 0.717) is 22.1 Å². The first-order valence-corrected chi connectivity index (χ1v) is 6.25. The van der Waals surface area contributed by atoms with Gasteiger partial charge >= 0.3 is 5.97 Å². The fraction of sp³-hybridized carbons (Fsp3) is 0.500. The molecule has 1 aromatic carbocycles. The summed E-state index contributed by atoms with van der Waals surface area (Å²) < 4.78 is 10.6. The summed E-state index contributed by atoms with van der Waals surface area (Å²) in [4.78, 5) is 11.2. The molecule has 1 N–H and O–H groups in total. The van der Waals surface area contributed by atoms with E-state index in [1.54, 1.807) is 19.9 Å². The van der Waals surface area contributed by atoms with Crippen molar-refractivity contribution in [3.05, 3.63) is 22.2 Å². The number of halogens is 1. The van der Waals surface area contributed by atoms with Crippen molar-refractivity contribution in [1.82, 2.24) is 0 Å². The molecule has 0 saturated carbocycles. The molecule has 0 heterocycles. The lowest BCUT2D eigenvalue weighted by Gasteiger charge is -2.23. The molecule has 4 nitrogen and oxygen atoms in total. The van der Waals surface area contributed by atoms with Crippen LogP contribution in [0, 0.1) is 12.3 Å². The van der Waals surface area contributed by atoms with E-state index in [2.05, 4.69) is 0 Å². The van der Waals surface area contributed by atoms with E-state index in [-0.39, 0.29) is 6.42 Å². The molecule has 0 spiro atoms. The summed E-state index contributed by atoms with van der Waals surface area (Å²) in [6, 6.07) is 1.80. The third kappa shape index (κ3) is 3.13. The molecule has 0 aliphatic carbocycles. The summed E-state index contributed by atoms with van der Waals surface area (Å²) in [5.74, 6) is 0.251. The summed E-state index contributed by atoms with van der Waals surface area (Å²) in [5.41, 5.74) is 0.567. The Morgan fingerprint density at radius 3 is 2.37 bits per heavy atom. The number of methoxy groups -OCH3 is 2. The molecule has 0 radical (unpaired) electrons. The second-order valence-corrected chi connectivity index (χ2v) is 5.47. The van der Waals surface area contributed by atoms with Crippen molar-refractivity contribution in [2.24, 2.45) is 5.41 Å². The molecule has 0 aliphatic rings. The summed E-state index contributed by atoms with van der Waals surface area (Å²) in [6.45, 7) is 5.16. The molecule has 0 saturated heterocycles. The van der Waals surface area contributed by atoms with Gasteiger partial charge in [-0.2, -0.15) is 0 Å². The first-order chi connectivity index (χ1) is 8.74. The number of aryl methyl sites for hydroxylation is 1. The van der Waals surface area contributed by atoms with Gasteiger partial charge in [0, 0.05) is 5.56 Å². The highest BCUT2D eigenvalue weighted by Gasteiger charge is 2.31. The Kier molecular flexibility index (Phi) is 4.69. The van der Waals surface area contributed by atoms with Crippen LogP contribution in [0.3, 0.4) is 0 Å². The third-order valence-electron chi connectivity index (χ3n) is 3.09. The standard InChI is InChI=1S/C14H19ClO4/c1-8-6-10(18-4)9(11(15)12(8)19-5)7-14(2,3)13(16)17/h6H,7H2,1-5H3,(H,16,17). The maximum Gasteiger partial charge on any atom is 0.309 e. The van der Waals surface area contributed by atoms with Crippen molar-refractivity contribution in [1.29, 1.82) is 0 Å². The topological polar surface area (TPSA) is 55.8 Å². The quantitative estimate of drug-likeness (QED) is 0.902. The molecule has 0 unspecified atom stereocenters. The zero-order valence-corrected chi connectivity index (χ0v) is 12.6. The van der Waals surface area contributed by atoms with Crippen LogP contribution in [0.2, 0.25) is 5.02 Å². The zero-order valence-electron chi connectivity index (χ0n) is 11.8. The minimum Gasteiger partial charge on any atom is -0.496 e. The Morgan fingerprint density at radius 2 is 1.95 bits per heavy atom. The maximum absolute atomic E-state index is 11.2. The van der Waals surface area contributed by atoms with Gasteiger partial charge in [0.25, 0.3) is 0 Å². The number of aliphatic carboxylic acids is 1. The van der Waals surface area contributed by atoms with Gasteiger partial charge in [-0.05, 0) is 38.8 Å². The summed E-state index contributed by atoms with van der Waals surface area (Å²) in [6.07, 6.45) is 0.265. The van der Waals surface area contributed by atoms with Gasteiger partial charge < -0.3 is 14.6 Å². The van der Waals surface area contributed by atoms with Gasteiger partial charge in [-0.15, -0.1) is 0 Å². The Bertz CT molecular complexity index is 495. The first-order valence-electron chi connectivity index (χ1n) is 5.88. The summed E-state index contributed by atoms with van der Waals surface area (Å²) >= 11 is 6.31. The zero-order chi connectivity index (χ0) is 14.8. The highest BCUT2D eigenvalue weighted by atomic mass is 35.5. The number of carboxylic acids is 1. The van der Waals surface area contributed by atoms with E-state index in [0.717, 1.165) is 5.56 Å². The number of hydrogen-bond donors (Lipinski definition) is 1. The molecule has 0 atom stereocenters. The molecule has 106 valence electrons. The van der Waals surface area contributed by atoms with Crippen molar-refractivity contribution in [3.63, 3.8) is 0 Å². The van der Waals surface area contributed by atoms with E-state index < -0.39 is 11.4 Å². The van der Waals surface area contributed by atoms with Crippen LogP contribution in [0.4, 0.5) is 0 Å². The van der Waals surface area contributed by atoms with Crippen LogP contribution in [0.1, 0.15) is 25.0 Å². The van der Waals surface area contributed by atoms with Gasteiger partial charge in [0.2, 0.25) is 0 Å². The average molecular weight is 287 g/mol. The highest BCUT2D eigenvalue weighted by Crippen LogP contribution is 2.41. The van der Waals surface area contributed by atoms with Gasteiger partial charge in [0.1, 0.15) is 11.5 Å². The Morgan fingerprint density at radius 1 is 1.37 bits per heavy atom. The fourth-order valence-corrected chi connectivity index (χ4v) is 2.27. The van der Waals surface area contributed by atoms with E-state index in [4.69, 9.17) is 21.1 Å². The van der Waals surface area contributed by atoms with Crippen molar-refractivity contribution in [2.75, 3.05) is 14.2 Å². The van der Waals surface area contributed by atoms with Crippen LogP contribution >= 0.6 is 11.6 Å². The number of rotatable bonds is 5. The first kappa shape index (κ1) is 15.6. The smallest absolute Gasteiger partial charge is 0.309 e. The van der Waals surface area contributed by atoms with Gasteiger partial charge in [0.05, 0.1) is 24.7 Å². The Balaban J connectivity index is 3.37. The molecular formula is C14H19ClO4. The molecule has 0 fully saturated rings. The van der Waals surface area contributed by atoms with Crippen LogP contribution < -0.4 is 9.47 Å². The molecule has 19 heavy (non-hydrogen) atoms. The van der Waals surface area contributed by atoms with E-state index in [9.17, 15) is 9.90 Å². The minimum absolute atomic E-state index is 0.265. The fourth-order valence-electron chi connectivity index (χ4n) is 1.88. The van der Waals surface area contributed by atoms with E-state index in [1.807, 2.05) is 6.92 Å². The predicted molar refractivity (Wildman–Crippen MR) is 74.4 cm³/mol. The van der Waals surface area contributed by atoms with E-state index >= 15 is 0 Å². The maximum atomic E-state index is 11.2. The van der Waals surface area contributed by atoms with Crippen molar-refractivity contribution in [2.45, 2.75) is 27.2 Å². The lowest BCUT2D eigenvalue weighted by atomic mass is 9.85. The molecule has 0 aliphatic heterocycles. The molecule has 1 rings (SSSR count). The van der Waals surface area contributed by atoms with Crippen LogP contribution in [0.15, 0.2) is 6.07 Å². The molecule has 0 bridgehead atoms. The van der Waals surface area contributed by atoms with Crippen LogP contribution in [0.5, 0.6) is 11.5 Å². The molecule has 0 amide bonds. The predicted octanol–water partition coefficient (Wildman–Crippen LogP) is 3.32. The number of benzene rings is 1. The third-order valence-corrected chi connectivity index (χ3v) is 3.49. The molecule has 1 aromatic rings. The second-order valence-electron chi connectivity index (χ2n) is 5.09. The van der Waals surface area contributed by atoms with Crippen molar-refractivity contribution in [3.8, 4) is 11.5 Å².